The minimum Gasteiger partial charge on any atom is -0.390 e. The topological polar surface area (TPSA) is 91.7 Å². The van der Waals surface area contributed by atoms with Gasteiger partial charge >= 0.3 is 0 Å². The summed E-state index contributed by atoms with van der Waals surface area (Å²) in [6.07, 6.45) is 10.6. The van der Waals surface area contributed by atoms with Crippen molar-refractivity contribution in [1.29, 1.82) is 0 Å². The summed E-state index contributed by atoms with van der Waals surface area (Å²) >= 11 is 0. The van der Waals surface area contributed by atoms with Gasteiger partial charge in [-0.2, -0.15) is 0 Å². The summed E-state index contributed by atoms with van der Waals surface area (Å²) in [7, 11) is 0. The Kier molecular flexibility index (Phi) is 5.38. The van der Waals surface area contributed by atoms with Crippen molar-refractivity contribution in [1.82, 2.24) is 0 Å². The summed E-state index contributed by atoms with van der Waals surface area (Å²) in [4.78, 5) is 40.1. The van der Waals surface area contributed by atoms with Crippen LogP contribution in [0.15, 0.2) is 23.8 Å². The number of rotatable bonds is 4. The van der Waals surface area contributed by atoms with E-state index in [1.54, 1.807) is 13.0 Å². The van der Waals surface area contributed by atoms with Crippen LogP contribution in [0, 0.1) is 51.8 Å². The second-order valence-electron chi connectivity index (χ2n) is 15.4. The molecule has 8 atom stereocenters. The zero-order valence-electron chi connectivity index (χ0n) is 23.5. The van der Waals surface area contributed by atoms with Crippen LogP contribution >= 0.6 is 0 Å². The van der Waals surface area contributed by atoms with E-state index in [4.69, 9.17) is 0 Å². The van der Waals surface area contributed by atoms with Crippen LogP contribution in [-0.4, -0.2) is 44.9 Å². The lowest BCUT2D eigenvalue weighted by molar-refractivity contribution is -0.219. The summed E-state index contributed by atoms with van der Waals surface area (Å²) in [5, 5.41) is 23.9. The van der Waals surface area contributed by atoms with E-state index in [2.05, 4.69) is 0 Å². The van der Waals surface area contributed by atoms with Gasteiger partial charge in [-0.05, 0) is 113 Å². The smallest absolute Gasteiger partial charge is 0.178 e. The van der Waals surface area contributed by atoms with Gasteiger partial charge in [0.1, 0.15) is 11.4 Å². The van der Waals surface area contributed by atoms with Crippen LogP contribution in [0.5, 0.6) is 0 Å². The van der Waals surface area contributed by atoms with Gasteiger partial charge in [0, 0.05) is 22.2 Å². The van der Waals surface area contributed by atoms with E-state index in [9.17, 15) is 24.6 Å². The molecule has 39 heavy (non-hydrogen) atoms. The zero-order chi connectivity index (χ0) is 27.8. The van der Waals surface area contributed by atoms with E-state index in [0.717, 1.165) is 24.8 Å². The van der Waals surface area contributed by atoms with Crippen molar-refractivity contribution in [2.24, 2.45) is 51.8 Å². The fourth-order valence-electron chi connectivity index (χ4n) is 12.1. The molecule has 0 aromatic heterocycles. The molecule has 6 heteroatoms. The van der Waals surface area contributed by atoms with Crippen molar-refractivity contribution in [3.05, 3.63) is 23.8 Å². The highest BCUT2D eigenvalue weighted by Crippen LogP contribution is 2.71. The summed E-state index contributed by atoms with van der Waals surface area (Å²) in [5.74, 6) is -0.113. The normalized spacial score (nSPS) is 55.1. The second kappa shape index (κ2) is 8.00. The van der Waals surface area contributed by atoms with Gasteiger partial charge in [-0.3, -0.25) is 14.4 Å². The fourth-order valence-corrected chi connectivity index (χ4v) is 12.1. The lowest BCUT2D eigenvalue weighted by Crippen LogP contribution is -2.69. The molecule has 0 spiro atoms. The summed E-state index contributed by atoms with van der Waals surface area (Å²) in [6.45, 7) is 5.49. The molecule has 8 aliphatic rings. The molecule has 8 rings (SSSR count). The molecule has 212 valence electrons. The summed E-state index contributed by atoms with van der Waals surface area (Å²) in [5.41, 5.74) is -5.61. The zero-order valence-corrected chi connectivity index (χ0v) is 23.5. The first-order valence-electron chi connectivity index (χ1n) is 15.4. The Morgan fingerprint density at radius 2 is 1.59 bits per heavy atom. The molecule has 2 N–H and O–H groups in total. The Labute approximate surface area is 230 Å². The molecule has 0 unspecified atom stereocenters. The quantitative estimate of drug-likeness (QED) is 0.487. The number of carbonyl (C=O) groups excluding carboxylic acids is 3. The largest absolute Gasteiger partial charge is 0.390 e. The van der Waals surface area contributed by atoms with Crippen LogP contribution in [0.1, 0.15) is 91.4 Å². The van der Waals surface area contributed by atoms with Crippen molar-refractivity contribution in [2.45, 2.75) is 109 Å². The third kappa shape index (κ3) is 3.11. The van der Waals surface area contributed by atoms with Crippen molar-refractivity contribution in [3.8, 4) is 0 Å². The van der Waals surface area contributed by atoms with Gasteiger partial charge in [0.2, 0.25) is 0 Å². The molecule has 7 saturated carbocycles. The Balaban J connectivity index is 1.19. The van der Waals surface area contributed by atoms with Gasteiger partial charge in [-0.25, -0.2) is 4.39 Å². The minimum absolute atomic E-state index is 0.00689. The van der Waals surface area contributed by atoms with Crippen LogP contribution in [0.25, 0.3) is 0 Å². The lowest BCUT2D eigenvalue weighted by atomic mass is 9.44. The Morgan fingerprint density at radius 3 is 2.21 bits per heavy atom. The number of hydrogen-bond acceptors (Lipinski definition) is 5. The van der Waals surface area contributed by atoms with E-state index in [1.807, 2.05) is 13.8 Å². The van der Waals surface area contributed by atoms with Crippen molar-refractivity contribution in [3.63, 3.8) is 0 Å². The molecule has 0 aromatic rings. The first-order chi connectivity index (χ1) is 18.3. The highest BCUT2D eigenvalue weighted by Gasteiger charge is 2.75. The summed E-state index contributed by atoms with van der Waals surface area (Å²) in [6, 6.07) is 0. The molecule has 7 fully saturated rings. The molecule has 5 nitrogen and oxygen atoms in total. The maximum Gasteiger partial charge on any atom is 0.178 e. The van der Waals surface area contributed by atoms with Gasteiger partial charge in [-0.15, -0.1) is 0 Å². The van der Waals surface area contributed by atoms with Crippen molar-refractivity contribution >= 4 is 17.3 Å². The van der Waals surface area contributed by atoms with Gasteiger partial charge in [0.05, 0.1) is 12.5 Å². The molecule has 0 aromatic carbocycles. The van der Waals surface area contributed by atoms with E-state index in [0.29, 0.717) is 37.0 Å². The number of alkyl halides is 1. The van der Waals surface area contributed by atoms with Crippen LogP contribution in [0.2, 0.25) is 0 Å². The first-order valence-corrected chi connectivity index (χ1v) is 15.4. The Hall–Kier alpha value is -1.66. The highest BCUT2D eigenvalue weighted by molar-refractivity contribution is 6.06. The standard InChI is InChI=1S/C33H43FO5/c1-18-8-25-24-5-4-22-12-23(35)6-7-29(22,2)32(24,34)28(38)17-30(25,3)33(18,39)27(37)13-26(36)31-14-19-9-20(15-31)11-21(10-19)16-31/h6-7,12,18-21,24-25,28,38-39H,4-5,8-11,13-17H2,1-3H3/t18-,19?,20?,21?,24-,25-,28-,29-,30-,31?,32-,33-/m0/s1. The number of halogens is 1. The van der Waals surface area contributed by atoms with Crippen LogP contribution in [0.3, 0.4) is 0 Å². The molecule has 0 amide bonds. The Morgan fingerprint density at radius 1 is 0.974 bits per heavy atom. The molecule has 0 radical (unpaired) electrons. The highest BCUT2D eigenvalue weighted by atomic mass is 19.1. The lowest BCUT2D eigenvalue weighted by Gasteiger charge is -2.62. The van der Waals surface area contributed by atoms with Crippen LogP contribution in [0.4, 0.5) is 4.39 Å². The van der Waals surface area contributed by atoms with E-state index < -0.39 is 51.2 Å². The van der Waals surface area contributed by atoms with Crippen LogP contribution < -0.4 is 0 Å². The number of aliphatic hydroxyl groups excluding tert-OH is 1. The average Bonchev–Trinajstić information content (AvgIpc) is 3.06. The van der Waals surface area contributed by atoms with Crippen molar-refractivity contribution in [2.75, 3.05) is 0 Å². The first kappa shape index (κ1) is 26.3. The van der Waals surface area contributed by atoms with E-state index in [-0.39, 0.29) is 30.3 Å². The Bertz CT molecular complexity index is 1180. The maximum atomic E-state index is 17.4. The molecule has 4 bridgehead atoms. The molecular weight excluding hydrogens is 495 g/mol. The predicted molar refractivity (Wildman–Crippen MR) is 143 cm³/mol. The predicted octanol–water partition coefficient (Wildman–Crippen LogP) is 5.08. The minimum atomic E-state index is -2.00. The van der Waals surface area contributed by atoms with Gasteiger partial charge in [0.15, 0.2) is 17.2 Å². The summed E-state index contributed by atoms with van der Waals surface area (Å²) < 4.78 is 17.4. The SMILES string of the molecule is C[C@H]1C[C@H]2[C@@H]3CCC4=CC(=O)C=C[C@]4(C)[C@@]3(F)[C@@H](O)C[C@]2(C)[C@@]1(O)C(=O)CC(=O)C12CC3CC(CC(C3)C1)C2. The van der Waals surface area contributed by atoms with Gasteiger partial charge in [-0.1, -0.05) is 25.5 Å². The van der Waals surface area contributed by atoms with Gasteiger partial charge < -0.3 is 10.2 Å². The molecule has 0 saturated heterocycles. The maximum absolute atomic E-state index is 17.4. The van der Waals surface area contributed by atoms with Gasteiger partial charge in [0.25, 0.3) is 0 Å². The number of aliphatic hydroxyl groups is 2. The molecular formula is C33H43FO5. The third-order valence-corrected chi connectivity index (χ3v) is 13.6. The van der Waals surface area contributed by atoms with E-state index in [1.165, 1.54) is 31.4 Å². The number of ketones is 3. The monoisotopic (exact) mass is 538 g/mol. The average molecular weight is 539 g/mol. The van der Waals surface area contributed by atoms with Crippen molar-refractivity contribution < 1.29 is 29.0 Å². The number of fused-ring (bicyclic) bond motifs is 5. The molecule has 0 heterocycles. The third-order valence-electron chi connectivity index (χ3n) is 13.6. The molecule has 8 aliphatic carbocycles. The second-order valence-corrected chi connectivity index (χ2v) is 15.4. The van der Waals surface area contributed by atoms with Crippen LogP contribution in [-0.2, 0) is 14.4 Å². The number of hydrogen-bond donors (Lipinski definition) is 2. The number of carbonyl (C=O) groups is 3. The fraction of sp³-hybridized carbons (Fsp3) is 0.788. The molecule has 0 aliphatic heterocycles. The van der Waals surface area contributed by atoms with E-state index >= 15 is 4.39 Å². The number of Topliss-reactive ketones (excluding diaryl/α,β-unsaturated/α-hetero) is 2. The number of allylic oxidation sites excluding steroid dienone is 4.